The molecule has 3 rings (SSSR count). The van der Waals surface area contributed by atoms with Crippen LogP contribution in [-0.2, 0) is 12.8 Å². The third-order valence-corrected chi connectivity index (χ3v) is 5.24. The number of ether oxygens (including phenoxy) is 2. The Bertz CT molecular complexity index is 704. The van der Waals surface area contributed by atoms with Crippen LogP contribution in [0.2, 0.25) is 0 Å². The molecule has 1 atom stereocenters. The van der Waals surface area contributed by atoms with Crippen molar-refractivity contribution in [3.8, 4) is 11.5 Å². The smallest absolute Gasteiger partial charge is 0.119 e. The molecule has 0 aliphatic heterocycles. The van der Waals surface area contributed by atoms with Gasteiger partial charge in [0.1, 0.15) is 11.5 Å². The van der Waals surface area contributed by atoms with E-state index in [0.717, 1.165) is 31.0 Å². The fourth-order valence-corrected chi connectivity index (χ4v) is 3.82. The molecule has 1 aliphatic carbocycles. The van der Waals surface area contributed by atoms with Crippen LogP contribution in [0, 0.1) is 0 Å². The molecular formula is C22H30ClNO2. The lowest BCUT2D eigenvalue weighted by atomic mass is 9.82. The summed E-state index contributed by atoms with van der Waals surface area (Å²) in [7, 11) is 5.70. The van der Waals surface area contributed by atoms with E-state index in [1.54, 1.807) is 14.2 Å². The molecule has 0 N–H and O–H groups in total. The van der Waals surface area contributed by atoms with Gasteiger partial charge in [0.15, 0.2) is 0 Å². The molecule has 0 aromatic heterocycles. The molecule has 2 aromatic rings. The zero-order chi connectivity index (χ0) is 17.6. The van der Waals surface area contributed by atoms with E-state index in [1.807, 2.05) is 6.07 Å². The van der Waals surface area contributed by atoms with Gasteiger partial charge in [0.25, 0.3) is 0 Å². The molecule has 2 aromatic carbocycles. The number of methoxy groups -OCH3 is 2. The minimum atomic E-state index is 0. The number of benzene rings is 2. The van der Waals surface area contributed by atoms with E-state index >= 15 is 0 Å². The van der Waals surface area contributed by atoms with Crippen LogP contribution < -0.4 is 9.47 Å². The van der Waals surface area contributed by atoms with Gasteiger partial charge in [-0.3, -0.25) is 0 Å². The van der Waals surface area contributed by atoms with Crippen molar-refractivity contribution in [3.05, 3.63) is 59.2 Å². The van der Waals surface area contributed by atoms with E-state index in [4.69, 9.17) is 9.47 Å². The highest BCUT2D eigenvalue weighted by molar-refractivity contribution is 5.85. The summed E-state index contributed by atoms with van der Waals surface area (Å²) >= 11 is 0. The Labute approximate surface area is 163 Å². The van der Waals surface area contributed by atoms with E-state index in [1.165, 1.54) is 36.0 Å². The first kappa shape index (κ1) is 20.6. The van der Waals surface area contributed by atoms with Crippen molar-refractivity contribution in [2.24, 2.45) is 0 Å². The molecule has 0 radical (unpaired) electrons. The van der Waals surface area contributed by atoms with Gasteiger partial charge in [-0.1, -0.05) is 18.2 Å². The summed E-state index contributed by atoms with van der Waals surface area (Å²) < 4.78 is 10.7. The molecular weight excluding hydrogens is 346 g/mol. The van der Waals surface area contributed by atoms with Crippen LogP contribution in [0.25, 0.3) is 0 Å². The Kier molecular flexibility index (Phi) is 7.80. The highest BCUT2D eigenvalue weighted by Gasteiger charge is 2.21. The summed E-state index contributed by atoms with van der Waals surface area (Å²) in [6.07, 6.45) is 4.78. The minimum absolute atomic E-state index is 0. The maximum atomic E-state index is 5.38. The van der Waals surface area contributed by atoms with Crippen molar-refractivity contribution in [3.63, 3.8) is 0 Å². The normalized spacial score (nSPS) is 15.9. The number of halogens is 1. The van der Waals surface area contributed by atoms with Gasteiger partial charge in [-0.05, 0) is 79.6 Å². The Morgan fingerprint density at radius 1 is 1.04 bits per heavy atom. The zero-order valence-corrected chi connectivity index (χ0v) is 16.8. The Morgan fingerprint density at radius 2 is 1.81 bits per heavy atom. The SMILES string of the molecule is COc1cccc(CCN(C)CC2CCCc3cc(OC)ccc32)c1.Cl. The molecule has 0 spiro atoms. The quantitative estimate of drug-likeness (QED) is 0.698. The van der Waals surface area contributed by atoms with Crippen LogP contribution in [0.3, 0.4) is 0 Å². The standard InChI is InChI=1S/C22H29NO2.ClH/c1-23(13-12-17-6-4-9-20(14-17)24-2)16-19-8-5-7-18-15-21(25-3)10-11-22(18)19;/h4,6,9-11,14-15,19H,5,7-8,12-13,16H2,1-3H3;1H. The highest BCUT2D eigenvalue weighted by atomic mass is 35.5. The van der Waals surface area contributed by atoms with Crippen LogP contribution in [0.1, 0.15) is 35.4 Å². The lowest BCUT2D eigenvalue weighted by Gasteiger charge is -2.29. The van der Waals surface area contributed by atoms with Gasteiger partial charge in [0.2, 0.25) is 0 Å². The molecule has 142 valence electrons. The maximum absolute atomic E-state index is 5.38. The minimum Gasteiger partial charge on any atom is -0.497 e. The predicted molar refractivity (Wildman–Crippen MR) is 110 cm³/mol. The first-order valence-corrected chi connectivity index (χ1v) is 9.18. The summed E-state index contributed by atoms with van der Waals surface area (Å²) in [6.45, 7) is 2.18. The van der Waals surface area contributed by atoms with Gasteiger partial charge >= 0.3 is 0 Å². The van der Waals surface area contributed by atoms with Crippen molar-refractivity contribution in [2.75, 3.05) is 34.4 Å². The van der Waals surface area contributed by atoms with Crippen LogP contribution in [-0.4, -0.2) is 39.3 Å². The second-order valence-corrected chi connectivity index (χ2v) is 7.02. The fraction of sp³-hybridized carbons (Fsp3) is 0.455. The average Bonchev–Trinajstić information content (AvgIpc) is 2.66. The molecule has 0 fully saturated rings. The first-order chi connectivity index (χ1) is 12.2. The third kappa shape index (κ3) is 5.15. The molecule has 0 saturated heterocycles. The second kappa shape index (κ2) is 9.84. The maximum Gasteiger partial charge on any atom is 0.119 e. The molecule has 3 nitrogen and oxygen atoms in total. The van der Waals surface area contributed by atoms with Gasteiger partial charge in [0, 0.05) is 13.1 Å². The number of hydrogen-bond donors (Lipinski definition) is 0. The topological polar surface area (TPSA) is 21.7 Å². The van der Waals surface area contributed by atoms with Crippen molar-refractivity contribution in [2.45, 2.75) is 31.6 Å². The average molecular weight is 376 g/mol. The van der Waals surface area contributed by atoms with E-state index in [2.05, 4.69) is 48.3 Å². The van der Waals surface area contributed by atoms with E-state index in [-0.39, 0.29) is 12.4 Å². The Morgan fingerprint density at radius 3 is 2.58 bits per heavy atom. The monoisotopic (exact) mass is 375 g/mol. The summed E-state index contributed by atoms with van der Waals surface area (Å²) in [5.74, 6) is 2.55. The predicted octanol–water partition coefficient (Wildman–Crippen LogP) is 4.72. The van der Waals surface area contributed by atoms with E-state index < -0.39 is 0 Å². The summed E-state index contributed by atoms with van der Waals surface area (Å²) in [5, 5.41) is 0. The molecule has 1 aliphatic rings. The molecule has 0 bridgehead atoms. The highest BCUT2D eigenvalue weighted by Crippen LogP contribution is 2.34. The summed E-state index contributed by atoms with van der Waals surface area (Å²) in [6, 6.07) is 15.0. The molecule has 0 heterocycles. The van der Waals surface area contributed by atoms with Gasteiger partial charge in [-0.25, -0.2) is 0 Å². The van der Waals surface area contributed by atoms with Crippen LogP contribution >= 0.6 is 12.4 Å². The van der Waals surface area contributed by atoms with Gasteiger partial charge in [0.05, 0.1) is 14.2 Å². The summed E-state index contributed by atoms with van der Waals surface area (Å²) in [5.41, 5.74) is 4.32. The van der Waals surface area contributed by atoms with Gasteiger partial charge < -0.3 is 14.4 Å². The van der Waals surface area contributed by atoms with E-state index in [0.29, 0.717) is 5.92 Å². The molecule has 4 heteroatoms. The number of rotatable bonds is 7. The van der Waals surface area contributed by atoms with Crippen LogP contribution in [0.5, 0.6) is 11.5 Å². The molecule has 26 heavy (non-hydrogen) atoms. The van der Waals surface area contributed by atoms with E-state index in [9.17, 15) is 0 Å². The number of likely N-dealkylation sites (N-methyl/N-ethyl adjacent to an activating group) is 1. The molecule has 0 amide bonds. The fourth-order valence-electron chi connectivity index (χ4n) is 3.82. The number of aryl methyl sites for hydroxylation is 1. The van der Waals surface area contributed by atoms with Crippen molar-refractivity contribution < 1.29 is 9.47 Å². The molecule has 0 saturated carbocycles. The third-order valence-electron chi connectivity index (χ3n) is 5.24. The van der Waals surface area contributed by atoms with Crippen LogP contribution in [0.15, 0.2) is 42.5 Å². The largest absolute Gasteiger partial charge is 0.497 e. The Balaban J connectivity index is 0.00000243. The second-order valence-electron chi connectivity index (χ2n) is 7.02. The summed E-state index contributed by atoms with van der Waals surface area (Å²) in [4.78, 5) is 2.46. The van der Waals surface area contributed by atoms with Crippen molar-refractivity contribution in [1.82, 2.24) is 4.90 Å². The molecule has 1 unspecified atom stereocenters. The van der Waals surface area contributed by atoms with Gasteiger partial charge in [-0.2, -0.15) is 0 Å². The van der Waals surface area contributed by atoms with Crippen molar-refractivity contribution >= 4 is 12.4 Å². The van der Waals surface area contributed by atoms with Crippen molar-refractivity contribution in [1.29, 1.82) is 0 Å². The number of fused-ring (bicyclic) bond motifs is 1. The number of nitrogens with zero attached hydrogens (tertiary/aromatic N) is 1. The van der Waals surface area contributed by atoms with Gasteiger partial charge in [-0.15, -0.1) is 12.4 Å². The first-order valence-electron chi connectivity index (χ1n) is 9.18. The zero-order valence-electron chi connectivity index (χ0n) is 16.0. The lowest BCUT2D eigenvalue weighted by molar-refractivity contribution is 0.300. The lowest BCUT2D eigenvalue weighted by Crippen LogP contribution is -2.28. The Hall–Kier alpha value is -1.71. The number of hydrogen-bond acceptors (Lipinski definition) is 3. The van der Waals surface area contributed by atoms with Crippen LogP contribution in [0.4, 0.5) is 0 Å².